The zero-order valence-corrected chi connectivity index (χ0v) is 20.1. The molecule has 0 bridgehead atoms. The lowest BCUT2D eigenvalue weighted by Gasteiger charge is -2.17. The Bertz CT molecular complexity index is 1360. The highest BCUT2D eigenvalue weighted by Gasteiger charge is 2.15. The molecule has 0 saturated heterocycles. The molecule has 0 aliphatic rings. The smallest absolute Gasteiger partial charge is 0.328 e. The van der Waals surface area contributed by atoms with Crippen LogP contribution < -0.4 is 4.74 Å². The molecule has 2 N–H and O–H groups in total. The van der Waals surface area contributed by atoms with Gasteiger partial charge in [0.2, 0.25) is 0 Å². The predicted molar refractivity (Wildman–Crippen MR) is 142 cm³/mol. The molecule has 0 unspecified atom stereocenters. The molecule has 0 aliphatic carbocycles. The van der Waals surface area contributed by atoms with Gasteiger partial charge in [-0.2, -0.15) is 5.10 Å². The summed E-state index contributed by atoms with van der Waals surface area (Å²) in [5.74, 6) is -0.0851. The number of carbonyl (C=O) groups is 1. The van der Waals surface area contributed by atoms with E-state index in [0.717, 1.165) is 69.8 Å². The molecule has 1 aromatic heterocycles. The predicted octanol–water partition coefficient (Wildman–Crippen LogP) is 7.21. The van der Waals surface area contributed by atoms with Gasteiger partial charge in [-0.25, -0.2) is 4.79 Å². The van der Waals surface area contributed by atoms with Crippen molar-refractivity contribution in [1.82, 2.24) is 10.2 Å². The lowest BCUT2D eigenvalue weighted by Crippen LogP contribution is -1.98. The van der Waals surface area contributed by atoms with Crippen molar-refractivity contribution < 1.29 is 14.6 Å². The Hall–Kier alpha value is -4.12. The Balaban J connectivity index is 1.84. The molecule has 0 radical (unpaired) electrons. The quantitative estimate of drug-likeness (QED) is 0.147. The van der Waals surface area contributed by atoms with E-state index in [0.29, 0.717) is 6.61 Å². The van der Waals surface area contributed by atoms with Crippen LogP contribution in [0.15, 0.2) is 79.0 Å². The number of nitrogens with one attached hydrogen (secondary N) is 1. The van der Waals surface area contributed by atoms with Crippen LogP contribution in [0.2, 0.25) is 0 Å². The van der Waals surface area contributed by atoms with Crippen LogP contribution in [0.3, 0.4) is 0 Å². The molecule has 35 heavy (non-hydrogen) atoms. The van der Waals surface area contributed by atoms with Gasteiger partial charge in [-0.1, -0.05) is 62.7 Å². The molecule has 1 heterocycles. The summed E-state index contributed by atoms with van der Waals surface area (Å²) in [6.07, 6.45) is 7.55. The molecule has 4 aromatic rings. The van der Waals surface area contributed by atoms with Gasteiger partial charge in [0.15, 0.2) is 0 Å². The monoisotopic (exact) mass is 466 g/mol. The molecule has 0 aliphatic heterocycles. The van der Waals surface area contributed by atoms with Crippen molar-refractivity contribution in [2.75, 3.05) is 6.61 Å². The maximum atomic E-state index is 10.9. The summed E-state index contributed by atoms with van der Waals surface area (Å²) in [6.45, 7) is 5.03. The summed E-state index contributed by atoms with van der Waals surface area (Å²) >= 11 is 0. The number of hydrogen-bond donors (Lipinski definition) is 2. The average Bonchev–Trinajstić information content (AvgIpc) is 3.35. The third-order valence-corrected chi connectivity index (χ3v) is 5.95. The van der Waals surface area contributed by atoms with Crippen LogP contribution in [0.1, 0.15) is 55.4 Å². The van der Waals surface area contributed by atoms with Crippen LogP contribution in [0.4, 0.5) is 0 Å². The minimum atomic E-state index is -0.961. The molecule has 3 aromatic carbocycles. The number of unbranched alkanes of at least 4 members (excludes halogenated alkanes) is 1. The number of ether oxygens (including phenoxy) is 1. The first kappa shape index (κ1) is 24.0. The molecule has 0 saturated carbocycles. The molecule has 0 spiro atoms. The fourth-order valence-corrected chi connectivity index (χ4v) is 4.17. The second-order valence-corrected chi connectivity index (χ2v) is 8.40. The normalized spacial score (nSPS) is 12.2. The second kappa shape index (κ2) is 11.3. The number of benzene rings is 3. The van der Waals surface area contributed by atoms with Crippen molar-refractivity contribution in [3.05, 3.63) is 101 Å². The van der Waals surface area contributed by atoms with Crippen LogP contribution in [-0.2, 0) is 4.79 Å². The first-order valence-electron chi connectivity index (χ1n) is 12.0. The summed E-state index contributed by atoms with van der Waals surface area (Å²) in [4.78, 5) is 10.9. The second-order valence-electron chi connectivity index (χ2n) is 8.40. The van der Waals surface area contributed by atoms with E-state index in [1.807, 2.05) is 42.6 Å². The number of aromatic amines is 1. The Kier molecular flexibility index (Phi) is 7.78. The molecular weight excluding hydrogens is 436 g/mol. The van der Waals surface area contributed by atoms with Gasteiger partial charge >= 0.3 is 5.97 Å². The molecule has 5 heteroatoms. The number of fused-ring (bicyclic) bond motifs is 1. The third-order valence-electron chi connectivity index (χ3n) is 5.95. The van der Waals surface area contributed by atoms with Crippen molar-refractivity contribution in [2.24, 2.45) is 0 Å². The van der Waals surface area contributed by atoms with Gasteiger partial charge in [-0.15, -0.1) is 0 Å². The molecule has 5 nitrogen and oxygen atoms in total. The number of H-pyrrole nitrogens is 1. The van der Waals surface area contributed by atoms with E-state index >= 15 is 0 Å². The number of aromatic nitrogens is 2. The van der Waals surface area contributed by atoms with Crippen LogP contribution in [0.5, 0.6) is 5.75 Å². The Morgan fingerprint density at radius 3 is 2.54 bits per heavy atom. The van der Waals surface area contributed by atoms with Crippen molar-refractivity contribution in [3.8, 4) is 5.75 Å². The van der Waals surface area contributed by atoms with Crippen molar-refractivity contribution in [2.45, 2.75) is 33.1 Å². The highest BCUT2D eigenvalue weighted by molar-refractivity contribution is 6.00. The fraction of sp³-hybridized carbons (Fsp3) is 0.200. The standard InChI is InChI=1S/C30H30N2O3/c1-3-5-17-35-26-8-6-7-23(19-26)27(4-2)30(24-14-15-28-25(18-24)20-31-32-28)22-12-9-21(10-13-22)11-16-29(33)34/h6-16,18-20H,3-5,17H2,1-2H3,(H,31,32)(H,33,34)/b16-11+,30-27?. The van der Waals surface area contributed by atoms with Gasteiger partial charge in [0.05, 0.1) is 18.3 Å². The van der Waals surface area contributed by atoms with E-state index in [4.69, 9.17) is 9.84 Å². The van der Waals surface area contributed by atoms with Gasteiger partial charge in [-0.05, 0) is 76.6 Å². The van der Waals surface area contributed by atoms with E-state index in [1.54, 1.807) is 6.08 Å². The number of aliphatic carboxylic acids is 1. The molecule has 0 fully saturated rings. The third kappa shape index (κ3) is 5.87. The summed E-state index contributed by atoms with van der Waals surface area (Å²) in [7, 11) is 0. The van der Waals surface area contributed by atoms with Gasteiger partial charge in [0, 0.05) is 11.5 Å². The summed E-state index contributed by atoms with van der Waals surface area (Å²) in [5.41, 5.74) is 7.46. The number of carboxylic acids is 1. The highest BCUT2D eigenvalue weighted by atomic mass is 16.5. The van der Waals surface area contributed by atoms with Crippen LogP contribution in [-0.4, -0.2) is 27.9 Å². The van der Waals surface area contributed by atoms with E-state index in [-0.39, 0.29) is 0 Å². The summed E-state index contributed by atoms with van der Waals surface area (Å²) in [5, 5.41) is 17.2. The largest absolute Gasteiger partial charge is 0.494 e. The number of allylic oxidation sites excluding steroid dienone is 1. The average molecular weight is 467 g/mol. The number of nitrogens with zero attached hydrogens (tertiary/aromatic N) is 1. The van der Waals surface area contributed by atoms with Gasteiger partial charge in [0.25, 0.3) is 0 Å². The van der Waals surface area contributed by atoms with E-state index < -0.39 is 5.97 Å². The lowest BCUT2D eigenvalue weighted by molar-refractivity contribution is -0.131. The van der Waals surface area contributed by atoms with Crippen LogP contribution in [0, 0.1) is 0 Å². The molecule has 4 rings (SSSR count). The number of rotatable bonds is 10. The minimum Gasteiger partial charge on any atom is -0.494 e. The Labute approximate surface area is 205 Å². The van der Waals surface area contributed by atoms with Gasteiger partial charge in [-0.3, -0.25) is 5.10 Å². The van der Waals surface area contributed by atoms with Crippen molar-refractivity contribution in [1.29, 1.82) is 0 Å². The molecule has 0 atom stereocenters. The topological polar surface area (TPSA) is 75.2 Å². The van der Waals surface area contributed by atoms with Crippen molar-refractivity contribution in [3.63, 3.8) is 0 Å². The van der Waals surface area contributed by atoms with E-state index in [1.165, 1.54) is 5.57 Å². The zero-order chi connectivity index (χ0) is 24.6. The fourth-order valence-electron chi connectivity index (χ4n) is 4.17. The van der Waals surface area contributed by atoms with Crippen LogP contribution >= 0.6 is 0 Å². The summed E-state index contributed by atoms with van der Waals surface area (Å²) < 4.78 is 5.99. The maximum Gasteiger partial charge on any atom is 0.328 e. The Morgan fingerprint density at radius 2 is 1.80 bits per heavy atom. The number of hydrogen-bond acceptors (Lipinski definition) is 3. The molecular formula is C30H30N2O3. The van der Waals surface area contributed by atoms with Crippen LogP contribution in [0.25, 0.3) is 28.1 Å². The van der Waals surface area contributed by atoms with Gasteiger partial charge < -0.3 is 9.84 Å². The minimum absolute atomic E-state index is 0.709. The lowest BCUT2D eigenvalue weighted by atomic mass is 9.87. The van der Waals surface area contributed by atoms with E-state index in [2.05, 4.69) is 54.4 Å². The summed E-state index contributed by atoms with van der Waals surface area (Å²) in [6, 6.07) is 22.6. The SMILES string of the molecule is CCCCOc1cccc(C(CC)=C(c2ccc(/C=C/C(=O)O)cc2)c2ccc3[nH]ncc3c2)c1. The molecule has 178 valence electrons. The Morgan fingerprint density at radius 1 is 1.00 bits per heavy atom. The van der Waals surface area contributed by atoms with E-state index in [9.17, 15) is 4.79 Å². The first-order valence-corrected chi connectivity index (χ1v) is 12.0. The van der Waals surface area contributed by atoms with Gasteiger partial charge in [0.1, 0.15) is 5.75 Å². The zero-order valence-electron chi connectivity index (χ0n) is 20.1. The first-order chi connectivity index (χ1) is 17.1. The van der Waals surface area contributed by atoms with Crippen molar-refractivity contribution >= 4 is 34.1 Å². The highest BCUT2D eigenvalue weighted by Crippen LogP contribution is 2.36. The molecule has 0 amide bonds. The number of carboxylic acid groups (broad SMARTS) is 1. The maximum absolute atomic E-state index is 10.9.